The molecule has 0 aliphatic heterocycles. The summed E-state index contributed by atoms with van der Waals surface area (Å²) in [5.74, 6) is 0. The second-order valence-electron chi connectivity index (χ2n) is 12.5. The van der Waals surface area contributed by atoms with Gasteiger partial charge in [-0.3, -0.25) is 0 Å². The Morgan fingerprint density at radius 1 is 0.277 bits per heavy atom. The van der Waals surface area contributed by atoms with E-state index in [1.807, 2.05) is 0 Å². The highest BCUT2D eigenvalue weighted by atomic mass is 16.3. The Morgan fingerprint density at radius 2 is 0.830 bits per heavy atom. The summed E-state index contributed by atoms with van der Waals surface area (Å²) >= 11 is 0. The molecule has 0 atom stereocenters. The first-order chi connectivity index (χ1) is 23.3. The SMILES string of the molecule is c1ccc(-c2c3ccccc3c(-c3ccc4oc5c6ccccc6ccc5c4c3)c3cc(-c4ccc5ccccc5c4)ccc23)cc1. The minimum atomic E-state index is 0.909. The average molecular weight is 597 g/mol. The van der Waals surface area contributed by atoms with Gasteiger partial charge in [0.05, 0.1) is 0 Å². The molecule has 0 spiro atoms. The maximum atomic E-state index is 6.52. The molecule has 1 aromatic heterocycles. The zero-order valence-electron chi connectivity index (χ0n) is 25.6. The molecule has 47 heavy (non-hydrogen) atoms. The average Bonchev–Trinajstić information content (AvgIpc) is 3.52. The van der Waals surface area contributed by atoms with Crippen molar-refractivity contribution < 1.29 is 4.42 Å². The Hall–Kier alpha value is -6.18. The molecule has 218 valence electrons. The number of furan rings is 1. The first-order valence-electron chi connectivity index (χ1n) is 16.2. The Balaban J connectivity index is 1.30. The van der Waals surface area contributed by atoms with E-state index in [1.165, 1.54) is 71.1 Å². The highest BCUT2D eigenvalue weighted by Crippen LogP contribution is 2.46. The lowest BCUT2D eigenvalue weighted by atomic mass is 9.84. The van der Waals surface area contributed by atoms with Gasteiger partial charge in [0.15, 0.2) is 0 Å². The Bertz CT molecular complexity index is 2840. The van der Waals surface area contributed by atoms with Gasteiger partial charge in [-0.2, -0.15) is 0 Å². The standard InChI is InChI=1S/C46H28O/c1-2-12-31(13-3-1)44-37-16-8-9-17-38(37)45(42-27-34(21-23-39(42)44)33-19-18-29-10-4-5-14-32(29)26-33)35-22-25-43-41(28-35)40-24-20-30-11-6-7-15-36(30)46(40)47-43/h1-28H. The maximum absolute atomic E-state index is 6.52. The summed E-state index contributed by atoms with van der Waals surface area (Å²) < 4.78 is 6.52. The van der Waals surface area contributed by atoms with Gasteiger partial charge >= 0.3 is 0 Å². The minimum absolute atomic E-state index is 0.909. The number of fused-ring (bicyclic) bond motifs is 8. The molecule has 0 unspecified atom stereocenters. The van der Waals surface area contributed by atoms with Crippen molar-refractivity contribution in [2.24, 2.45) is 0 Å². The molecule has 0 aliphatic carbocycles. The van der Waals surface area contributed by atoms with E-state index in [4.69, 9.17) is 4.42 Å². The van der Waals surface area contributed by atoms with Crippen molar-refractivity contribution in [3.05, 3.63) is 170 Å². The van der Waals surface area contributed by atoms with Crippen LogP contribution in [0.4, 0.5) is 0 Å². The molecule has 9 aromatic carbocycles. The van der Waals surface area contributed by atoms with Gasteiger partial charge in [0, 0.05) is 16.2 Å². The zero-order valence-corrected chi connectivity index (χ0v) is 25.6. The van der Waals surface area contributed by atoms with Crippen molar-refractivity contribution in [3.8, 4) is 33.4 Å². The maximum Gasteiger partial charge on any atom is 0.143 e. The van der Waals surface area contributed by atoms with Gasteiger partial charge in [-0.05, 0) is 101 Å². The fourth-order valence-corrected chi connectivity index (χ4v) is 7.61. The number of benzene rings is 9. The fraction of sp³-hybridized carbons (Fsp3) is 0. The van der Waals surface area contributed by atoms with E-state index in [0.717, 1.165) is 27.3 Å². The van der Waals surface area contributed by atoms with E-state index < -0.39 is 0 Å². The summed E-state index contributed by atoms with van der Waals surface area (Å²) in [6, 6.07) is 61.7. The molecule has 0 saturated heterocycles. The van der Waals surface area contributed by atoms with Crippen LogP contribution in [0.1, 0.15) is 0 Å². The molecule has 0 N–H and O–H groups in total. The molecule has 0 amide bonds. The van der Waals surface area contributed by atoms with E-state index in [-0.39, 0.29) is 0 Å². The first-order valence-corrected chi connectivity index (χ1v) is 16.2. The Morgan fingerprint density at radius 3 is 1.66 bits per heavy atom. The van der Waals surface area contributed by atoms with Crippen LogP contribution >= 0.6 is 0 Å². The van der Waals surface area contributed by atoms with Crippen LogP contribution in [0.2, 0.25) is 0 Å². The van der Waals surface area contributed by atoms with Crippen molar-refractivity contribution in [1.82, 2.24) is 0 Å². The van der Waals surface area contributed by atoms with Crippen LogP contribution in [-0.2, 0) is 0 Å². The lowest BCUT2D eigenvalue weighted by Gasteiger charge is -2.19. The molecule has 10 rings (SSSR count). The normalized spacial score (nSPS) is 11.8. The summed E-state index contributed by atoms with van der Waals surface area (Å²) in [4.78, 5) is 0. The van der Waals surface area contributed by atoms with Crippen LogP contribution in [0.15, 0.2) is 174 Å². The van der Waals surface area contributed by atoms with E-state index >= 15 is 0 Å². The summed E-state index contributed by atoms with van der Waals surface area (Å²) in [7, 11) is 0. The van der Waals surface area contributed by atoms with Gasteiger partial charge in [-0.15, -0.1) is 0 Å². The summed E-state index contributed by atoms with van der Waals surface area (Å²) in [6.45, 7) is 0. The monoisotopic (exact) mass is 596 g/mol. The number of hydrogen-bond donors (Lipinski definition) is 0. The van der Waals surface area contributed by atoms with Gasteiger partial charge in [0.2, 0.25) is 0 Å². The summed E-state index contributed by atoms with van der Waals surface area (Å²) in [6.07, 6.45) is 0. The van der Waals surface area contributed by atoms with Crippen LogP contribution in [0.3, 0.4) is 0 Å². The highest BCUT2D eigenvalue weighted by Gasteiger charge is 2.19. The second-order valence-corrected chi connectivity index (χ2v) is 12.5. The van der Waals surface area contributed by atoms with E-state index in [9.17, 15) is 0 Å². The Kier molecular flexibility index (Phi) is 5.64. The summed E-state index contributed by atoms with van der Waals surface area (Å²) in [5.41, 5.74) is 9.21. The number of hydrogen-bond acceptors (Lipinski definition) is 1. The first kappa shape index (κ1) is 26.1. The van der Waals surface area contributed by atoms with Gasteiger partial charge in [0.1, 0.15) is 11.2 Å². The number of rotatable bonds is 3. The fourth-order valence-electron chi connectivity index (χ4n) is 7.61. The molecule has 1 heterocycles. The lowest BCUT2D eigenvalue weighted by Crippen LogP contribution is -1.92. The van der Waals surface area contributed by atoms with Crippen molar-refractivity contribution in [3.63, 3.8) is 0 Å². The third-order valence-corrected chi connectivity index (χ3v) is 9.82. The minimum Gasteiger partial charge on any atom is -0.455 e. The predicted octanol–water partition coefficient (Wildman–Crippen LogP) is 13.2. The predicted molar refractivity (Wildman–Crippen MR) is 200 cm³/mol. The molecule has 1 nitrogen and oxygen atoms in total. The quantitative estimate of drug-likeness (QED) is 0.185. The third kappa shape index (κ3) is 4.03. The van der Waals surface area contributed by atoms with Crippen LogP contribution in [0.25, 0.3) is 98.4 Å². The molecule has 0 bridgehead atoms. The molecular weight excluding hydrogens is 569 g/mol. The van der Waals surface area contributed by atoms with Gasteiger partial charge < -0.3 is 4.42 Å². The van der Waals surface area contributed by atoms with Crippen LogP contribution < -0.4 is 0 Å². The Labute approximate surface area is 271 Å². The van der Waals surface area contributed by atoms with Gasteiger partial charge in [-0.25, -0.2) is 0 Å². The smallest absolute Gasteiger partial charge is 0.143 e. The van der Waals surface area contributed by atoms with Crippen molar-refractivity contribution >= 4 is 65.0 Å². The molecule has 0 aliphatic rings. The van der Waals surface area contributed by atoms with Gasteiger partial charge in [-0.1, -0.05) is 140 Å². The van der Waals surface area contributed by atoms with Crippen LogP contribution in [-0.4, -0.2) is 0 Å². The molecule has 0 fully saturated rings. The zero-order chi connectivity index (χ0) is 30.9. The molecule has 10 aromatic rings. The lowest BCUT2D eigenvalue weighted by molar-refractivity contribution is 0.672. The molecule has 0 radical (unpaired) electrons. The molecule has 0 saturated carbocycles. The van der Waals surface area contributed by atoms with Crippen LogP contribution in [0, 0.1) is 0 Å². The van der Waals surface area contributed by atoms with E-state index in [2.05, 4.69) is 170 Å². The topological polar surface area (TPSA) is 13.1 Å². The van der Waals surface area contributed by atoms with E-state index in [0.29, 0.717) is 0 Å². The largest absolute Gasteiger partial charge is 0.455 e. The third-order valence-electron chi connectivity index (χ3n) is 9.82. The van der Waals surface area contributed by atoms with Crippen LogP contribution in [0.5, 0.6) is 0 Å². The molecule has 1 heteroatoms. The summed E-state index contributed by atoms with van der Waals surface area (Å²) in [5, 5.41) is 12.1. The van der Waals surface area contributed by atoms with Gasteiger partial charge in [0.25, 0.3) is 0 Å². The van der Waals surface area contributed by atoms with Crippen molar-refractivity contribution in [2.45, 2.75) is 0 Å². The van der Waals surface area contributed by atoms with E-state index in [1.54, 1.807) is 0 Å². The second kappa shape index (κ2) is 10.2. The van der Waals surface area contributed by atoms with Crippen molar-refractivity contribution in [1.29, 1.82) is 0 Å². The van der Waals surface area contributed by atoms with Crippen molar-refractivity contribution in [2.75, 3.05) is 0 Å². The molecular formula is C46H28O. The highest BCUT2D eigenvalue weighted by molar-refractivity contribution is 6.23.